The minimum atomic E-state index is -6.65. The van der Waals surface area contributed by atoms with Gasteiger partial charge >= 0.3 is 6.18 Å². The Hall–Kier alpha value is -1.24. The molecule has 0 nitrogen and oxygen atoms in total. The van der Waals surface area contributed by atoms with E-state index < -0.39 is 38.9 Å². The van der Waals surface area contributed by atoms with Crippen LogP contribution in [0.3, 0.4) is 0 Å². The molecule has 1 aliphatic carbocycles. The van der Waals surface area contributed by atoms with Crippen LogP contribution in [0.25, 0.3) is 0 Å². The van der Waals surface area contributed by atoms with Crippen LogP contribution in [0.4, 0.5) is 24.8 Å². The molecule has 0 saturated carbocycles. The second-order valence-electron chi connectivity index (χ2n) is 5.28. The van der Waals surface area contributed by atoms with Crippen LogP contribution in [0.1, 0.15) is 20.3 Å². The summed E-state index contributed by atoms with van der Waals surface area (Å²) >= 11 is 0. The molecule has 1 unspecified atom stereocenters. The summed E-state index contributed by atoms with van der Waals surface area (Å²) in [5.74, 6) is -2.10. The van der Waals surface area contributed by atoms with Crippen LogP contribution in [-0.2, 0) is 0 Å². The van der Waals surface area contributed by atoms with E-state index in [1.165, 1.54) is 26.0 Å². The number of rotatable bonds is 1. The molecule has 118 valence electrons. The Bertz CT molecular complexity index is 655. The third-order valence-electron chi connectivity index (χ3n) is 3.38. The van der Waals surface area contributed by atoms with E-state index in [1.807, 2.05) is 0 Å². The van der Waals surface area contributed by atoms with Crippen LogP contribution in [0, 0.1) is 5.92 Å². The Kier molecular flexibility index (Phi) is 3.56. The fraction of sp³-hybridized carbons (Fsp3) is 0.357. The van der Waals surface area contributed by atoms with Crippen molar-refractivity contribution in [1.82, 2.24) is 0 Å². The van der Waals surface area contributed by atoms with Gasteiger partial charge in [-0.1, -0.05) is 23.8 Å². The SMILES string of the molecule is CC1=CC=C(C2=CC=C(C)CC2C(F)(F)F)S(F)(F)(F)=C1. The first kappa shape index (κ1) is 16.1. The number of hydrogen-bond donors (Lipinski definition) is 0. The lowest BCUT2D eigenvalue weighted by atomic mass is 9.86. The average Bonchev–Trinajstić information content (AvgIpc) is 2.26. The summed E-state index contributed by atoms with van der Waals surface area (Å²) in [6.45, 7) is 2.76. The van der Waals surface area contributed by atoms with Crippen molar-refractivity contribution in [3.05, 3.63) is 45.9 Å². The van der Waals surface area contributed by atoms with Gasteiger partial charge in [-0.15, -0.1) is 11.7 Å². The molecular formula is C14H14F6S. The normalized spacial score (nSPS) is 29.9. The fourth-order valence-electron chi connectivity index (χ4n) is 2.42. The Morgan fingerprint density at radius 1 is 1.00 bits per heavy atom. The quantitative estimate of drug-likeness (QED) is 0.404. The Morgan fingerprint density at radius 2 is 1.62 bits per heavy atom. The first-order valence-electron chi connectivity index (χ1n) is 6.17. The van der Waals surface area contributed by atoms with E-state index >= 15 is 0 Å². The summed E-state index contributed by atoms with van der Waals surface area (Å²) in [5.41, 5.74) is -0.259. The van der Waals surface area contributed by atoms with Crippen molar-refractivity contribution in [2.24, 2.45) is 5.92 Å². The standard InChI is InChI=1S/C14H14F6S/c1-9-3-5-11(12(7-9)14(15,16)17)13-6-4-10(2)8-21(13,18,19)20/h3-6,8,12H,7H2,1-2H3. The van der Waals surface area contributed by atoms with Gasteiger partial charge in [-0.25, -0.2) is 0 Å². The highest BCUT2D eigenvalue weighted by Crippen LogP contribution is 2.74. The Morgan fingerprint density at radius 3 is 2.14 bits per heavy atom. The molecule has 2 rings (SSSR count). The van der Waals surface area contributed by atoms with Crippen LogP contribution in [0.2, 0.25) is 0 Å². The zero-order chi connectivity index (χ0) is 16.1. The summed E-state index contributed by atoms with van der Waals surface area (Å²) in [5, 5.41) is 0.159. The summed E-state index contributed by atoms with van der Waals surface area (Å²) in [6, 6.07) is 0. The van der Waals surface area contributed by atoms with E-state index in [1.54, 1.807) is 0 Å². The van der Waals surface area contributed by atoms with Gasteiger partial charge in [0.25, 0.3) is 0 Å². The molecule has 21 heavy (non-hydrogen) atoms. The maximum absolute atomic E-state index is 14.1. The average molecular weight is 328 g/mol. The number of alkyl halides is 3. The molecular weight excluding hydrogens is 314 g/mol. The van der Waals surface area contributed by atoms with Crippen molar-refractivity contribution in [3.8, 4) is 0 Å². The van der Waals surface area contributed by atoms with E-state index in [4.69, 9.17) is 0 Å². The molecule has 0 fully saturated rings. The molecule has 0 radical (unpaired) electrons. The van der Waals surface area contributed by atoms with Crippen molar-refractivity contribution in [2.75, 3.05) is 0 Å². The molecule has 0 spiro atoms. The summed E-state index contributed by atoms with van der Waals surface area (Å²) in [4.78, 5) is -1.14. The van der Waals surface area contributed by atoms with Crippen molar-refractivity contribution < 1.29 is 24.8 Å². The minimum absolute atomic E-state index is 0.0000549. The zero-order valence-electron chi connectivity index (χ0n) is 11.3. The molecule has 1 atom stereocenters. The molecule has 0 aromatic carbocycles. The number of allylic oxidation sites excluding steroid dienone is 7. The monoisotopic (exact) mass is 328 g/mol. The topological polar surface area (TPSA) is 0 Å². The van der Waals surface area contributed by atoms with Gasteiger partial charge in [0.1, 0.15) is 0 Å². The third kappa shape index (κ3) is 3.17. The Labute approximate surface area is 119 Å². The molecule has 0 bridgehead atoms. The number of hydrogen-bond acceptors (Lipinski definition) is 0. The van der Waals surface area contributed by atoms with Gasteiger partial charge in [0.05, 0.1) is 10.8 Å². The van der Waals surface area contributed by atoms with Crippen molar-refractivity contribution in [1.29, 1.82) is 0 Å². The van der Waals surface area contributed by atoms with Gasteiger partial charge < -0.3 is 0 Å². The lowest BCUT2D eigenvalue weighted by Crippen LogP contribution is -2.28. The first-order chi connectivity index (χ1) is 9.38. The van der Waals surface area contributed by atoms with Crippen molar-refractivity contribution >= 4 is 15.3 Å². The molecule has 0 saturated heterocycles. The van der Waals surface area contributed by atoms with Gasteiger partial charge in [0.2, 0.25) is 0 Å². The van der Waals surface area contributed by atoms with Gasteiger partial charge in [-0.2, -0.15) is 13.2 Å². The molecule has 0 N–H and O–H groups in total. The van der Waals surface area contributed by atoms with Gasteiger partial charge in [-0.05, 0) is 37.5 Å². The molecule has 2 aliphatic rings. The van der Waals surface area contributed by atoms with E-state index in [-0.39, 0.29) is 10.9 Å². The van der Waals surface area contributed by atoms with Crippen LogP contribution in [-0.4, -0.2) is 11.5 Å². The highest BCUT2D eigenvalue weighted by atomic mass is 32.4. The minimum Gasteiger partial charge on any atom is -0.170 e. The third-order valence-corrected chi connectivity index (χ3v) is 5.26. The van der Waals surface area contributed by atoms with Gasteiger partial charge in [-0.3, -0.25) is 0 Å². The second kappa shape index (κ2) is 4.63. The van der Waals surface area contributed by atoms with E-state index in [0.717, 1.165) is 12.2 Å². The maximum Gasteiger partial charge on any atom is 0.396 e. The second-order valence-corrected chi connectivity index (χ2v) is 7.54. The first-order valence-corrected chi connectivity index (χ1v) is 7.97. The lowest BCUT2D eigenvalue weighted by Gasteiger charge is -2.35. The van der Waals surface area contributed by atoms with Crippen molar-refractivity contribution in [3.63, 3.8) is 0 Å². The predicted molar refractivity (Wildman–Crippen MR) is 74.8 cm³/mol. The summed E-state index contributed by atoms with van der Waals surface area (Å²) in [7, 11) is -6.65. The molecule has 0 amide bonds. The van der Waals surface area contributed by atoms with Gasteiger partial charge in [0.15, 0.2) is 9.91 Å². The maximum atomic E-state index is 14.1. The smallest absolute Gasteiger partial charge is 0.170 e. The molecule has 0 aromatic heterocycles. The predicted octanol–water partition coefficient (Wildman–Crippen LogP) is 6.08. The Balaban J connectivity index is 2.62. The van der Waals surface area contributed by atoms with E-state index in [2.05, 4.69) is 0 Å². The van der Waals surface area contributed by atoms with E-state index in [9.17, 15) is 24.8 Å². The highest BCUT2D eigenvalue weighted by Gasteiger charge is 2.49. The zero-order valence-corrected chi connectivity index (χ0v) is 12.2. The summed E-state index contributed by atoms with van der Waals surface area (Å²) in [6.07, 6.45) is -0.873. The van der Waals surface area contributed by atoms with Crippen LogP contribution < -0.4 is 0 Å². The number of halogens is 6. The van der Waals surface area contributed by atoms with Gasteiger partial charge in [0, 0.05) is 5.37 Å². The molecule has 0 aromatic rings. The molecule has 1 aliphatic heterocycles. The fourth-order valence-corrected chi connectivity index (χ4v) is 4.15. The lowest BCUT2D eigenvalue weighted by molar-refractivity contribution is -0.163. The van der Waals surface area contributed by atoms with Crippen LogP contribution in [0.5, 0.6) is 0 Å². The molecule has 1 heterocycles. The largest absolute Gasteiger partial charge is 0.396 e. The molecule has 7 heteroatoms. The highest BCUT2D eigenvalue weighted by molar-refractivity contribution is 8.38. The summed E-state index contributed by atoms with van der Waals surface area (Å²) < 4.78 is 81.6. The van der Waals surface area contributed by atoms with E-state index in [0.29, 0.717) is 5.57 Å². The van der Waals surface area contributed by atoms with Crippen LogP contribution in [0.15, 0.2) is 45.9 Å². The van der Waals surface area contributed by atoms with Crippen LogP contribution >= 0.6 is 9.91 Å². The van der Waals surface area contributed by atoms with Crippen molar-refractivity contribution in [2.45, 2.75) is 26.4 Å².